The molecule has 1 spiro atoms. The average molecular weight is 421 g/mol. The second-order valence-corrected chi connectivity index (χ2v) is 8.95. The van der Waals surface area contributed by atoms with E-state index >= 15 is 0 Å². The molecule has 2 fully saturated rings. The molecule has 2 aliphatic heterocycles. The minimum absolute atomic E-state index is 0.110. The summed E-state index contributed by atoms with van der Waals surface area (Å²) in [6.07, 6.45) is 3.51. The van der Waals surface area contributed by atoms with Gasteiger partial charge in [0.1, 0.15) is 12.4 Å². The van der Waals surface area contributed by atoms with E-state index in [4.69, 9.17) is 4.74 Å². The summed E-state index contributed by atoms with van der Waals surface area (Å²) in [7, 11) is 0. The Morgan fingerprint density at radius 3 is 2.74 bits per heavy atom. The Morgan fingerprint density at radius 2 is 2.00 bits per heavy atom. The number of piperidine rings is 1. The summed E-state index contributed by atoms with van der Waals surface area (Å²) in [6, 6.07) is 15.2. The van der Waals surface area contributed by atoms with Crippen LogP contribution < -0.4 is 20.4 Å². The van der Waals surface area contributed by atoms with Crippen LogP contribution in [0.15, 0.2) is 48.5 Å². The fourth-order valence-corrected chi connectivity index (χ4v) is 4.87. The Morgan fingerprint density at radius 1 is 1.19 bits per heavy atom. The Balaban J connectivity index is 1.30. The summed E-state index contributed by atoms with van der Waals surface area (Å²) in [5.74, 6) is -0.381. The van der Waals surface area contributed by atoms with E-state index in [0.717, 1.165) is 48.4 Å². The number of hydrogen-bond donors (Lipinski definition) is 3. The maximum Gasteiger partial charge on any atom is 0.248 e. The molecule has 1 saturated heterocycles. The molecule has 2 aromatic rings. The quantitative estimate of drug-likeness (QED) is 0.510. The maximum absolute atomic E-state index is 13.4. The van der Waals surface area contributed by atoms with Gasteiger partial charge in [-0.05, 0) is 60.4 Å². The second-order valence-electron chi connectivity index (χ2n) is 8.95. The van der Waals surface area contributed by atoms with Crippen molar-refractivity contribution in [1.29, 1.82) is 0 Å². The second kappa shape index (κ2) is 7.98. The molecule has 2 heterocycles. The molecular weight excluding hydrogens is 394 g/mol. The predicted molar refractivity (Wildman–Crippen MR) is 115 cm³/mol. The lowest BCUT2D eigenvalue weighted by Gasteiger charge is -2.37. The highest BCUT2D eigenvalue weighted by Gasteiger charge is 2.53. The Hall–Kier alpha value is -2.90. The van der Waals surface area contributed by atoms with E-state index < -0.39 is 17.9 Å². The molecule has 5 rings (SSSR count). The van der Waals surface area contributed by atoms with Gasteiger partial charge in [0.15, 0.2) is 0 Å². The maximum atomic E-state index is 13.4. The van der Waals surface area contributed by atoms with Crippen molar-refractivity contribution in [2.75, 3.05) is 18.0 Å². The van der Waals surface area contributed by atoms with Gasteiger partial charge in [0.2, 0.25) is 11.8 Å². The monoisotopic (exact) mass is 421 g/mol. The molecule has 2 unspecified atom stereocenters. The number of nitrogens with one attached hydrogen (secondary N) is 2. The molecule has 31 heavy (non-hydrogen) atoms. The molecule has 7 nitrogen and oxygen atoms in total. The number of amides is 2. The first-order valence-corrected chi connectivity index (χ1v) is 10.9. The fourth-order valence-electron chi connectivity index (χ4n) is 4.87. The third-order valence-electron chi connectivity index (χ3n) is 6.88. The number of hydrogen-bond acceptors (Lipinski definition) is 5. The lowest BCUT2D eigenvalue weighted by molar-refractivity contribution is -0.139. The van der Waals surface area contributed by atoms with Crippen LogP contribution in [0.2, 0.25) is 0 Å². The van der Waals surface area contributed by atoms with E-state index in [1.165, 1.54) is 0 Å². The van der Waals surface area contributed by atoms with Crippen molar-refractivity contribution in [2.45, 2.75) is 38.3 Å². The first-order valence-electron chi connectivity index (χ1n) is 10.9. The van der Waals surface area contributed by atoms with Crippen molar-refractivity contribution in [3.63, 3.8) is 0 Å². The van der Waals surface area contributed by atoms with E-state index in [1.54, 1.807) is 10.4 Å². The highest BCUT2D eigenvalue weighted by Crippen LogP contribution is 2.52. The standard InChI is InChI=1S/C24H27N3O4/c28-22(26-30)19-13-24(9-10-24)15-25-21(19)23(29)27-11-8-17-12-18(6-7-20(17)27)31-14-16-4-2-1-3-5-16/h1-7,12,19,21,25,30H,8-11,13-15H2,(H,26,28). The Bertz CT molecular complexity index is 990. The van der Waals surface area contributed by atoms with Crippen LogP contribution in [-0.2, 0) is 22.6 Å². The highest BCUT2D eigenvalue weighted by atomic mass is 16.5. The Labute approximate surface area is 181 Å². The number of rotatable bonds is 5. The van der Waals surface area contributed by atoms with Crippen LogP contribution in [-0.4, -0.2) is 36.2 Å². The molecule has 0 bridgehead atoms. The van der Waals surface area contributed by atoms with Crippen molar-refractivity contribution in [2.24, 2.45) is 11.3 Å². The highest BCUT2D eigenvalue weighted by molar-refractivity contribution is 6.01. The molecule has 3 N–H and O–H groups in total. The number of ether oxygens (including phenoxy) is 1. The molecule has 2 amide bonds. The topological polar surface area (TPSA) is 90.9 Å². The third kappa shape index (κ3) is 3.91. The number of nitrogens with zero attached hydrogens (tertiary/aromatic N) is 1. The van der Waals surface area contributed by atoms with Gasteiger partial charge in [-0.3, -0.25) is 14.8 Å². The van der Waals surface area contributed by atoms with Crippen LogP contribution in [0.25, 0.3) is 0 Å². The molecule has 2 aromatic carbocycles. The molecule has 7 heteroatoms. The first kappa shape index (κ1) is 20.0. The molecule has 0 radical (unpaired) electrons. The zero-order chi connectivity index (χ0) is 21.4. The molecule has 2 atom stereocenters. The summed E-state index contributed by atoms with van der Waals surface area (Å²) in [5, 5.41) is 12.5. The largest absolute Gasteiger partial charge is 0.489 e. The van der Waals surface area contributed by atoms with Gasteiger partial charge in [-0.2, -0.15) is 0 Å². The van der Waals surface area contributed by atoms with Crippen molar-refractivity contribution in [3.05, 3.63) is 59.7 Å². The van der Waals surface area contributed by atoms with Crippen molar-refractivity contribution < 1.29 is 19.5 Å². The van der Waals surface area contributed by atoms with E-state index in [1.807, 2.05) is 48.5 Å². The van der Waals surface area contributed by atoms with Crippen LogP contribution in [0.3, 0.4) is 0 Å². The van der Waals surface area contributed by atoms with Crippen molar-refractivity contribution in [3.8, 4) is 5.75 Å². The van der Waals surface area contributed by atoms with Crippen LogP contribution >= 0.6 is 0 Å². The summed E-state index contributed by atoms with van der Waals surface area (Å²) < 4.78 is 5.93. The smallest absolute Gasteiger partial charge is 0.248 e. The van der Waals surface area contributed by atoms with Crippen molar-refractivity contribution in [1.82, 2.24) is 10.8 Å². The molecule has 1 saturated carbocycles. The summed E-state index contributed by atoms with van der Waals surface area (Å²) >= 11 is 0. The van der Waals surface area contributed by atoms with Gasteiger partial charge in [0, 0.05) is 18.8 Å². The number of benzene rings is 2. The van der Waals surface area contributed by atoms with Crippen LogP contribution in [0.1, 0.15) is 30.4 Å². The van der Waals surface area contributed by atoms with E-state index in [9.17, 15) is 14.8 Å². The minimum Gasteiger partial charge on any atom is -0.489 e. The van der Waals surface area contributed by atoms with Crippen LogP contribution in [0, 0.1) is 11.3 Å². The molecular formula is C24H27N3O4. The number of carbonyl (C=O) groups is 2. The zero-order valence-corrected chi connectivity index (χ0v) is 17.3. The average Bonchev–Trinajstić information content (AvgIpc) is 3.42. The Kier molecular flexibility index (Phi) is 5.16. The van der Waals surface area contributed by atoms with Crippen LogP contribution in [0.4, 0.5) is 5.69 Å². The lowest BCUT2D eigenvalue weighted by Crippen LogP contribution is -2.58. The molecule has 0 aromatic heterocycles. The normalized spacial score (nSPS) is 23.3. The molecule has 1 aliphatic carbocycles. The van der Waals surface area contributed by atoms with Gasteiger partial charge in [-0.25, -0.2) is 5.48 Å². The van der Waals surface area contributed by atoms with Gasteiger partial charge >= 0.3 is 0 Å². The SMILES string of the molecule is O=C(NO)C1CC2(CC2)CNC1C(=O)N1CCc2cc(OCc3ccccc3)ccc21. The summed E-state index contributed by atoms with van der Waals surface area (Å²) in [5.41, 5.74) is 4.91. The van der Waals surface area contributed by atoms with E-state index in [-0.39, 0.29) is 11.3 Å². The molecule has 162 valence electrons. The number of anilines is 1. The van der Waals surface area contributed by atoms with Gasteiger partial charge in [-0.15, -0.1) is 0 Å². The number of fused-ring (bicyclic) bond motifs is 1. The van der Waals surface area contributed by atoms with Gasteiger partial charge < -0.3 is 15.0 Å². The summed E-state index contributed by atoms with van der Waals surface area (Å²) in [6.45, 7) is 1.81. The van der Waals surface area contributed by atoms with Gasteiger partial charge in [0.25, 0.3) is 0 Å². The fraction of sp³-hybridized carbons (Fsp3) is 0.417. The van der Waals surface area contributed by atoms with E-state index in [2.05, 4.69) is 5.32 Å². The van der Waals surface area contributed by atoms with Gasteiger partial charge in [-0.1, -0.05) is 30.3 Å². The number of hydroxylamine groups is 1. The van der Waals surface area contributed by atoms with Gasteiger partial charge in [0.05, 0.1) is 12.0 Å². The number of carbonyl (C=O) groups excluding carboxylic acids is 2. The third-order valence-corrected chi connectivity index (χ3v) is 6.88. The zero-order valence-electron chi connectivity index (χ0n) is 17.3. The van der Waals surface area contributed by atoms with E-state index in [0.29, 0.717) is 19.6 Å². The molecule has 3 aliphatic rings. The van der Waals surface area contributed by atoms with Crippen LogP contribution in [0.5, 0.6) is 5.75 Å². The summed E-state index contributed by atoms with van der Waals surface area (Å²) in [4.78, 5) is 27.5. The minimum atomic E-state index is -0.627. The predicted octanol–water partition coefficient (Wildman–Crippen LogP) is 2.42. The van der Waals surface area contributed by atoms with Crippen molar-refractivity contribution >= 4 is 17.5 Å². The lowest BCUT2D eigenvalue weighted by atomic mass is 9.81. The first-order chi connectivity index (χ1) is 15.1.